The topological polar surface area (TPSA) is 107 Å². The summed E-state index contributed by atoms with van der Waals surface area (Å²) < 4.78 is 7.76. The van der Waals surface area contributed by atoms with Crippen molar-refractivity contribution in [3.63, 3.8) is 0 Å². The highest BCUT2D eigenvalue weighted by Crippen LogP contribution is 2.34. The van der Waals surface area contributed by atoms with Crippen molar-refractivity contribution in [2.45, 2.75) is 46.2 Å². The Morgan fingerprint density at radius 2 is 2.08 bits per heavy atom. The Morgan fingerprint density at radius 1 is 1.36 bits per heavy atom. The van der Waals surface area contributed by atoms with Crippen molar-refractivity contribution >= 4 is 22.9 Å². The van der Waals surface area contributed by atoms with Crippen LogP contribution in [-0.2, 0) is 24.2 Å². The third-order valence-corrected chi connectivity index (χ3v) is 4.17. The summed E-state index contributed by atoms with van der Waals surface area (Å²) in [4.78, 5) is 22.0. The molecule has 25 heavy (non-hydrogen) atoms. The number of carbonyl (C=O) groups excluding carboxylic acids is 1. The molecule has 2 rings (SSSR count). The van der Waals surface area contributed by atoms with Crippen LogP contribution >= 0.6 is 0 Å². The van der Waals surface area contributed by atoms with E-state index in [0.29, 0.717) is 12.2 Å². The third-order valence-electron chi connectivity index (χ3n) is 4.17. The van der Waals surface area contributed by atoms with E-state index in [0.717, 1.165) is 35.1 Å². The maximum Gasteiger partial charge on any atom is 0.404 e. The Balaban J connectivity index is 2.55. The summed E-state index contributed by atoms with van der Waals surface area (Å²) in [6, 6.07) is 5.48. The van der Waals surface area contributed by atoms with Gasteiger partial charge in [0.25, 0.3) is 5.91 Å². The molecule has 0 aliphatic rings. The number of aromatic nitrogens is 1. The Labute approximate surface area is 146 Å². The molecular weight excluding hydrogens is 322 g/mol. The van der Waals surface area contributed by atoms with Gasteiger partial charge in [0.05, 0.1) is 5.52 Å². The van der Waals surface area contributed by atoms with Crippen LogP contribution in [0.1, 0.15) is 32.0 Å². The summed E-state index contributed by atoms with van der Waals surface area (Å²) in [6.45, 7) is 6.53. The van der Waals surface area contributed by atoms with Gasteiger partial charge in [-0.25, -0.2) is 4.79 Å². The van der Waals surface area contributed by atoms with E-state index in [2.05, 4.69) is 16.8 Å². The van der Waals surface area contributed by atoms with Crippen LogP contribution in [0.15, 0.2) is 18.2 Å². The number of benzene rings is 1. The average molecular weight is 347 g/mol. The molecule has 136 valence electrons. The second-order valence-corrected chi connectivity index (χ2v) is 5.99. The first-order valence-electron chi connectivity index (χ1n) is 8.42. The van der Waals surface area contributed by atoms with Gasteiger partial charge < -0.3 is 25.5 Å². The van der Waals surface area contributed by atoms with E-state index in [1.54, 1.807) is 0 Å². The van der Waals surface area contributed by atoms with E-state index in [1.165, 1.54) is 0 Å². The molecule has 2 aromatic rings. The number of nitrogens with zero attached hydrogens (tertiary/aromatic N) is 1. The molecular formula is C18H25N3O4. The average Bonchev–Trinajstić information content (AvgIpc) is 2.85. The van der Waals surface area contributed by atoms with Gasteiger partial charge in [0.1, 0.15) is 5.75 Å². The van der Waals surface area contributed by atoms with Crippen molar-refractivity contribution in [3.05, 3.63) is 29.5 Å². The maximum atomic E-state index is 11.1. The summed E-state index contributed by atoms with van der Waals surface area (Å²) in [5.41, 5.74) is 8.36. The molecule has 7 heteroatoms. The normalized spacial score (nSPS) is 12.1. The molecule has 0 aliphatic heterocycles. The van der Waals surface area contributed by atoms with Crippen molar-refractivity contribution in [3.8, 4) is 5.75 Å². The van der Waals surface area contributed by atoms with Gasteiger partial charge in [0, 0.05) is 23.7 Å². The number of amides is 2. The molecule has 1 atom stereocenters. The van der Waals surface area contributed by atoms with Gasteiger partial charge in [-0.1, -0.05) is 19.1 Å². The van der Waals surface area contributed by atoms with Crippen LogP contribution < -0.4 is 15.8 Å². The predicted molar refractivity (Wildman–Crippen MR) is 96.0 cm³/mol. The number of hydrogen-bond donors (Lipinski definition) is 3. The Kier molecular flexibility index (Phi) is 5.90. The first-order valence-corrected chi connectivity index (χ1v) is 8.42. The largest absolute Gasteiger partial charge is 0.482 e. The minimum atomic E-state index is -1.03. The molecule has 1 unspecified atom stereocenters. The summed E-state index contributed by atoms with van der Waals surface area (Å²) >= 11 is 0. The Bertz CT molecular complexity index is 782. The number of carbonyl (C=O) groups is 2. The molecule has 7 nitrogen and oxygen atoms in total. The van der Waals surface area contributed by atoms with Crippen LogP contribution in [-0.4, -0.2) is 34.3 Å². The van der Waals surface area contributed by atoms with Gasteiger partial charge in [-0.15, -0.1) is 0 Å². The number of nitrogens with two attached hydrogens (primary N) is 1. The summed E-state index contributed by atoms with van der Waals surface area (Å²) in [5.74, 6) is 0.0831. The maximum absolute atomic E-state index is 11.1. The standard InChI is InChI=1S/C18H25N3O4/c1-4-14-13(9-11(3)20-18(23)24)12-7-6-8-15(25-10-16(19)22)17(12)21(14)5-2/h6-8,11,20H,4-5,9-10H2,1-3H3,(H2,19,22)(H,23,24). The van der Waals surface area contributed by atoms with Gasteiger partial charge in [-0.05, 0) is 38.3 Å². The number of hydrogen-bond acceptors (Lipinski definition) is 3. The second-order valence-electron chi connectivity index (χ2n) is 5.99. The van der Waals surface area contributed by atoms with Crippen LogP contribution in [0.4, 0.5) is 4.79 Å². The number of nitrogens with one attached hydrogen (secondary N) is 1. The van der Waals surface area contributed by atoms with Crippen LogP contribution in [0.2, 0.25) is 0 Å². The van der Waals surface area contributed by atoms with Crippen molar-refractivity contribution in [2.75, 3.05) is 6.61 Å². The van der Waals surface area contributed by atoms with Crippen molar-refractivity contribution in [1.29, 1.82) is 0 Å². The van der Waals surface area contributed by atoms with E-state index in [4.69, 9.17) is 15.6 Å². The highest BCUT2D eigenvalue weighted by atomic mass is 16.5. The van der Waals surface area contributed by atoms with Gasteiger partial charge >= 0.3 is 6.09 Å². The molecule has 0 saturated heterocycles. The van der Waals surface area contributed by atoms with Crippen LogP contribution in [0.3, 0.4) is 0 Å². The molecule has 0 fully saturated rings. The number of aryl methyl sites for hydroxylation is 1. The first-order chi connectivity index (χ1) is 11.9. The number of primary amides is 1. The fraction of sp³-hybridized carbons (Fsp3) is 0.444. The molecule has 1 aromatic carbocycles. The first kappa shape index (κ1) is 18.6. The van der Waals surface area contributed by atoms with E-state index in [9.17, 15) is 9.59 Å². The number of carboxylic acid groups (broad SMARTS) is 1. The monoisotopic (exact) mass is 347 g/mol. The number of ether oxygens (including phenoxy) is 1. The Morgan fingerprint density at radius 3 is 2.64 bits per heavy atom. The van der Waals surface area contributed by atoms with Gasteiger partial charge in [0.2, 0.25) is 0 Å². The number of rotatable bonds is 8. The SMILES string of the molecule is CCc1c(CC(C)NC(=O)O)c2cccc(OCC(N)=O)c2n1CC. The summed E-state index contributed by atoms with van der Waals surface area (Å²) in [6.07, 6.45) is 0.362. The highest BCUT2D eigenvalue weighted by molar-refractivity contribution is 5.91. The minimum Gasteiger partial charge on any atom is -0.482 e. The zero-order valence-electron chi connectivity index (χ0n) is 14.8. The quantitative estimate of drug-likeness (QED) is 0.681. The third kappa shape index (κ3) is 4.04. The molecule has 0 radical (unpaired) electrons. The molecule has 0 bridgehead atoms. The van der Waals surface area contributed by atoms with Crippen LogP contribution in [0, 0.1) is 0 Å². The Hall–Kier alpha value is -2.70. The van der Waals surface area contributed by atoms with Crippen LogP contribution in [0.5, 0.6) is 5.75 Å². The summed E-state index contributed by atoms with van der Waals surface area (Å²) in [7, 11) is 0. The zero-order chi connectivity index (χ0) is 18.6. The minimum absolute atomic E-state index is 0.179. The van der Waals surface area contributed by atoms with Gasteiger partial charge in [-0.3, -0.25) is 4.79 Å². The lowest BCUT2D eigenvalue weighted by Gasteiger charge is -2.13. The lowest BCUT2D eigenvalue weighted by molar-refractivity contribution is -0.119. The van der Waals surface area contributed by atoms with Gasteiger partial charge in [0.15, 0.2) is 6.61 Å². The fourth-order valence-corrected chi connectivity index (χ4v) is 3.31. The van der Waals surface area contributed by atoms with Crippen molar-refractivity contribution in [2.24, 2.45) is 5.73 Å². The van der Waals surface area contributed by atoms with Crippen molar-refractivity contribution in [1.82, 2.24) is 9.88 Å². The van der Waals surface area contributed by atoms with Crippen molar-refractivity contribution < 1.29 is 19.4 Å². The fourth-order valence-electron chi connectivity index (χ4n) is 3.31. The van der Waals surface area contributed by atoms with Crippen LogP contribution in [0.25, 0.3) is 10.9 Å². The molecule has 0 spiro atoms. The molecule has 1 aromatic heterocycles. The molecule has 2 amide bonds. The lowest BCUT2D eigenvalue weighted by Crippen LogP contribution is -2.32. The smallest absolute Gasteiger partial charge is 0.404 e. The van der Waals surface area contributed by atoms with E-state index >= 15 is 0 Å². The van der Waals surface area contributed by atoms with E-state index in [1.807, 2.05) is 32.0 Å². The molecule has 0 aliphatic carbocycles. The number of para-hydroxylation sites is 1. The summed E-state index contributed by atoms with van der Waals surface area (Å²) in [5, 5.41) is 12.5. The second kappa shape index (κ2) is 7.92. The highest BCUT2D eigenvalue weighted by Gasteiger charge is 2.20. The molecule has 1 heterocycles. The number of fused-ring (bicyclic) bond motifs is 1. The molecule has 0 saturated carbocycles. The van der Waals surface area contributed by atoms with E-state index < -0.39 is 12.0 Å². The van der Waals surface area contributed by atoms with E-state index in [-0.39, 0.29) is 12.6 Å². The van der Waals surface area contributed by atoms with Gasteiger partial charge in [-0.2, -0.15) is 0 Å². The zero-order valence-corrected chi connectivity index (χ0v) is 14.8. The predicted octanol–water partition coefficient (Wildman–Crippen LogP) is 2.29. The molecule has 4 N–H and O–H groups in total. The lowest BCUT2D eigenvalue weighted by atomic mass is 10.0.